The van der Waals surface area contributed by atoms with Crippen molar-refractivity contribution in [3.8, 4) is 11.5 Å². The Morgan fingerprint density at radius 2 is 1.62 bits per heavy atom. The molecule has 0 saturated carbocycles. The predicted molar refractivity (Wildman–Crippen MR) is 86.0 cm³/mol. The molecule has 2 atom stereocenters. The van der Waals surface area contributed by atoms with Gasteiger partial charge in [0.15, 0.2) is 17.3 Å². The normalized spacial score (nSPS) is 22.5. The number of likely N-dealkylation sites (tertiary alicyclic amines) is 1. The maximum absolute atomic E-state index is 12.5. The molecule has 1 aromatic rings. The van der Waals surface area contributed by atoms with E-state index in [0.29, 0.717) is 29.9 Å². The molecule has 126 valence electrons. The van der Waals surface area contributed by atoms with Gasteiger partial charge in [-0.05, 0) is 31.0 Å². The summed E-state index contributed by atoms with van der Waals surface area (Å²) in [5, 5.41) is 0. The van der Waals surface area contributed by atoms with Crippen molar-refractivity contribution in [1.29, 1.82) is 0 Å². The first kappa shape index (κ1) is 16.2. The highest BCUT2D eigenvalue weighted by molar-refractivity contribution is 6.10. The average Bonchev–Trinajstić information content (AvgIpc) is 2.86. The minimum atomic E-state index is -0.319. The molecule has 1 saturated heterocycles. The third kappa shape index (κ3) is 2.68. The molecule has 0 radical (unpaired) electrons. The van der Waals surface area contributed by atoms with Gasteiger partial charge in [-0.3, -0.25) is 19.3 Å². The van der Waals surface area contributed by atoms with E-state index in [1.807, 2.05) is 12.2 Å². The molecule has 1 aromatic carbocycles. The van der Waals surface area contributed by atoms with Crippen LogP contribution in [0.3, 0.4) is 0 Å². The number of hydrogen-bond acceptors (Lipinski definition) is 5. The SMILES string of the molecule is COc1ccc(C(=O)CN2C(=O)[C@@H]3CC=CC[C@H]3C2=O)cc1OC. The largest absolute Gasteiger partial charge is 0.493 e. The van der Waals surface area contributed by atoms with Crippen molar-refractivity contribution in [2.45, 2.75) is 12.8 Å². The lowest BCUT2D eigenvalue weighted by atomic mass is 9.85. The van der Waals surface area contributed by atoms with Crippen molar-refractivity contribution < 1.29 is 23.9 Å². The number of fused-ring (bicyclic) bond motifs is 1. The summed E-state index contributed by atoms with van der Waals surface area (Å²) in [5.74, 6) is -0.489. The van der Waals surface area contributed by atoms with E-state index >= 15 is 0 Å². The van der Waals surface area contributed by atoms with Crippen LogP contribution in [0.4, 0.5) is 0 Å². The molecular weight excluding hydrogens is 310 g/mol. The molecule has 1 fully saturated rings. The smallest absolute Gasteiger partial charge is 0.233 e. The average molecular weight is 329 g/mol. The first-order valence-corrected chi connectivity index (χ1v) is 7.82. The van der Waals surface area contributed by atoms with Gasteiger partial charge in [0.2, 0.25) is 11.8 Å². The van der Waals surface area contributed by atoms with E-state index in [9.17, 15) is 14.4 Å². The highest BCUT2D eigenvalue weighted by Crippen LogP contribution is 2.35. The summed E-state index contributed by atoms with van der Waals surface area (Å²) in [4.78, 5) is 38.4. The monoisotopic (exact) mass is 329 g/mol. The Morgan fingerprint density at radius 3 is 2.17 bits per heavy atom. The quantitative estimate of drug-likeness (QED) is 0.468. The molecule has 6 heteroatoms. The van der Waals surface area contributed by atoms with Crippen LogP contribution in [0.25, 0.3) is 0 Å². The standard InChI is InChI=1S/C18H19NO5/c1-23-15-8-7-11(9-16(15)24-2)14(20)10-19-17(21)12-5-3-4-6-13(12)18(19)22/h3-4,7-9,12-13H,5-6,10H2,1-2H3/t12-,13-/m1/s1. The molecule has 6 nitrogen and oxygen atoms in total. The highest BCUT2D eigenvalue weighted by atomic mass is 16.5. The summed E-state index contributed by atoms with van der Waals surface area (Å²) in [7, 11) is 2.99. The number of ketones is 1. The summed E-state index contributed by atoms with van der Waals surface area (Å²) in [6.07, 6.45) is 4.98. The molecule has 24 heavy (non-hydrogen) atoms. The van der Waals surface area contributed by atoms with E-state index in [0.717, 1.165) is 4.90 Å². The molecule has 1 aliphatic carbocycles. The third-order valence-electron chi connectivity index (χ3n) is 4.61. The maximum Gasteiger partial charge on any atom is 0.233 e. The van der Waals surface area contributed by atoms with Crippen molar-refractivity contribution in [2.75, 3.05) is 20.8 Å². The number of amides is 2. The van der Waals surface area contributed by atoms with Gasteiger partial charge in [0, 0.05) is 5.56 Å². The van der Waals surface area contributed by atoms with E-state index < -0.39 is 0 Å². The topological polar surface area (TPSA) is 72.9 Å². The Kier molecular flexibility index (Phi) is 4.38. The molecule has 0 N–H and O–H groups in total. The number of hydrogen-bond donors (Lipinski definition) is 0. The minimum absolute atomic E-state index is 0.236. The Bertz CT molecular complexity index is 698. The number of benzene rings is 1. The van der Waals surface area contributed by atoms with Crippen LogP contribution in [0.2, 0.25) is 0 Å². The van der Waals surface area contributed by atoms with Gasteiger partial charge in [0.1, 0.15) is 0 Å². The van der Waals surface area contributed by atoms with E-state index in [1.54, 1.807) is 18.2 Å². The van der Waals surface area contributed by atoms with Crippen molar-refractivity contribution in [1.82, 2.24) is 4.90 Å². The summed E-state index contributed by atoms with van der Waals surface area (Å²) in [6.45, 7) is -0.236. The number of imide groups is 1. The number of ether oxygens (including phenoxy) is 2. The predicted octanol–water partition coefficient (Wildman–Crippen LogP) is 1.84. The molecule has 3 rings (SSSR count). The summed E-state index contributed by atoms with van der Waals surface area (Å²) in [6, 6.07) is 4.79. The summed E-state index contributed by atoms with van der Waals surface area (Å²) in [5.41, 5.74) is 0.376. The lowest BCUT2D eigenvalue weighted by Gasteiger charge is -2.14. The van der Waals surface area contributed by atoms with Crippen molar-refractivity contribution >= 4 is 17.6 Å². The van der Waals surface area contributed by atoms with Crippen LogP contribution in [0, 0.1) is 11.8 Å². The van der Waals surface area contributed by atoms with Gasteiger partial charge in [-0.25, -0.2) is 0 Å². The third-order valence-corrected chi connectivity index (χ3v) is 4.61. The maximum atomic E-state index is 12.5. The van der Waals surface area contributed by atoms with Gasteiger partial charge >= 0.3 is 0 Å². The number of carbonyl (C=O) groups is 3. The molecular formula is C18H19NO5. The fraction of sp³-hybridized carbons (Fsp3) is 0.389. The zero-order valence-corrected chi connectivity index (χ0v) is 13.7. The van der Waals surface area contributed by atoms with Crippen LogP contribution < -0.4 is 9.47 Å². The Hall–Kier alpha value is -2.63. The van der Waals surface area contributed by atoms with Crippen molar-refractivity contribution in [3.63, 3.8) is 0 Å². The van der Waals surface area contributed by atoms with Gasteiger partial charge in [-0.1, -0.05) is 12.2 Å². The first-order valence-electron chi connectivity index (χ1n) is 7.82. The Balaban J connectivity index is 1.78. The fourth-order valence-corrected chi connectivity index (χ4v) is 3.27. The van der Waals surface area contributed by atoms with Gasteiger partial charge in [-0.15, -0.1) is 0 Å². The van der Waals surface area contributed by atoms with Crippen LogP contribution in [0.1, 0.15) is 23.2 Å². The van der Waals surface area contributed by atoms with Crippen LogP contribution in [-0.2, 0) is 9.59 Å². The lowest BCUT2D eigenvalue weighted by molar-refractivity contribution is -0.139. The second kappa shape index (κ2) is 6.47. The molecule has 1 heterocycles. The van der Waals surface area contributed by atoms with E-state index in [-0.39, 0.29) is 36.0 Å². The minimum Gasteiger partial charge on any atom is -0.493 e. The molecule has 2 aliphatic rings. The molecule has 0 spiro atoms. The summed E-state index contributed by atoms with van der Waals surface area (Å²) >= 11 is 0. The second-order valence-electron chi connectivity index (χ2n) is 5.91. The molecule has 1 aliphatic heterocycles. The number of rotatable bonds is 5. The van der Waals surface area contributed by atoms with Crippen LogP contribution in [0.15, 0.2) is 30.4 Å². The Morgan fingerprint density at radius 1 is 1.04 bits per heavy atom. The van der Waals surface area contributed by atoms with Gasteiger partial charge in [-0.2, -0.15) is 0 Å². The van der Waals surface area contributed by atoms with Gasteiger partial charge < -0.3 is 9.47 Å². The molecule has 2 amide bonds. The number of allylic oxidation sites excluding steroid dienone is 2. The van der Waals surface area contributed by atoms with Gasteiger partial charge in [0.05, 0.1) is 32.6 Å². The molecule has 0 aromatic heterocycles. The van der Waals surface area contributed by atoms with E-state index in [4.69, 9.17) is 9.47 Å². The lowest BCUT2D eigenvalue weighted by Crippen LogP contribution is -2.36. The zero-order chi connectivity index (χ0) is 17.3. The van der Waals surface area contributed by atoms with Crippen molar-refractivity contribution in [3.05, 3.63) is 35.9 Å². The first-order chi connectivity index (χ1) is 11.6. The van der Waals surface area contributed by atoms with Gasteiger partial charge in [0.25, 0.3) is 0 Å². The highest BCUT2D eigenvalue weighted by Gasteiger charge is 2.47. The van der Waals surface area contributed by atoms with E-state index in [1.165, 1.54) is 14.2 Å². The molecule has 0 unspecified atom stereocenters. The number of nitrogens with zero attached hydrogens (tertiary/aromatic N) is 1. The van der Waals surface area contributed by atoms with Crippen LogP contribution >= 0.6 is 0 Å². The van der Waals surface area contributed by atoms with Crippen LogP contribution in [-0.4, -0.2) is 43.3 Å². The van der Waals surface area contributed by atoms with E-state index in [2.05, 4.69) is 0 Å². The zero-order valence-electron chi connectivity index (χ0n) is 13.7. The fourth-order valence-electron chi connectivity index (χ4n) is 3.27. The number of methoxy groups -OCH3 is 2. The van der Waals surface area contributed by atoms with Crippen LogP contribution in [0.5, 0.6) is 11.5 Å². The summed E-state index contributed by atoms with van der Waals surface area (Å²) < 4.78 is 10.3. The Labute approximate surface area is 140 Å². The molecule has 0 bridgehead atoms. The number of Topliss-reactive ketones (excluding diaryl/α,β-unsaturated/α-hetero) is 1. The second-order valence-corrected chi connectivity index (χ2v) is 5.91. The number of carbonyl (C=O) groups excluding carboxylic acids is 3. The van der Waals surface area contributed by atoms with Crippen molar-refractivity contribution in [2.24, 2.45) is 11.8 Å².